The second-order valence-corrected chi connectivity index (χ2v) is 1.28. The van der Waals surface area contributed by atoms with Crippen molar-refractivity contribution >= 4 is 0 Å². The van der Waals surface area contributed by atoms with Crippen LogP contribution in [0.1, 0.15) is 6.92 Å². The first-order valence-corrected chi connectivity index (χ1v) is 2.12. The quantitative estimate of drug-likeness (QED) is 0.412. The summed E-state index contributed by atoms with van der Waals surface area (Å²) in [5.74, 6) is 0. The Morgan fingerprint density at radius 1 is 1.71 bits per heavy atom. The van der Waals surface area contributed by atoms with Crippen LogP contribution in [0.15, 0.2) is 11.9 Å². The van der Waals surface area contributed by atoms with E-state index in [4.69, 9.17) is 5.73 Å². The summed E-state index contributed by atoms with van der Waals surface area (Å²) < 4.78 is 0. The van der Waals surface area contributed by atoms with E-state index < -0.39 is 0 Å². The molecule has 42 valence electrons. The molecule has 0 atom stereocenters. The minimum absolute atomic E-state index is 0.759. The van der Waals surface area contributed by atoms with E-state index in [0.29, 0.717) is 0 Å². The van der Waals surface area contributed by atoms with Crippen molar-refractivity contribution in [3.8, 4) is 0 Å². The normalized spacial score (nSPS) is 11.4. The van der Waals surface area contributed by atoms with Crippen LogP contribution in [-0.4, -0.2) is 7.05 Å². The molecule has 7 heavy (non-hydrogen) atoms. The number of nitrogens with two attached hydrogens (primary N) is 1. The summed E-state index contributed by atoms with van der Waals surface area (Å²) in [6.07, 6.45) is 1.68. The fourth-order valence-corrected chi connectivity index (χ4v) is 0.186. The maximum atomic E-state index is 5.24. The molecule has 0 aliphatic rings. The Bertz CT molecular complexity index is 63.3. The Balaban J connectivity index is 3.08. The summed E-state index contributed by atoms with van der Waals surface area (Å²) in [4.78, 5) is 0. The average molecular weight is 101 g/mol. The maximum absolute atomic E-state index is 5.24. The van der Waals surface area contributed by atoms with Crippen molar-refractivity contribution in [3.63, 3.8) is 0 Å². The fraction of sp³-hybridized carbons (Fsp3) is 0.500. The van der Waals surface area contributed by atoms with E-state index in [1.54, 1.807) is 13.2 Å². The van der Waals surface area contributed by atoms with Crippen LogP contribution in [0.4, 0.5) is 0 Å². The number of hydrogen-bond acceptors (Lipinski definition) is 3. The Morgan fingerprint density at radius 3 is 2.43 bits per heavy atom. The molecule has 0 bridgehead atoms. The predicted molar refractivity (Wildman–Crippen MR) is 30.1 cm³/mol. The van der Waals surface area contributed by atoms with Gasteiger partial charge in [0.05, 0.1) is 0 Å². The summed E-state index contributed by atoms with van der Waals surface area (Å²) in [6, 6.07) is 0. The summed E-state index contributed by atoms with van der Waals surface area (Å²) in [6.45, 7) is 1.81. The Morgan fingerprint density at radius 2 is 2.29 bits per heavy atom. The van der Waals surface area contributed by atoms with Gasteiger partial charge in [-0.1, -0.05) is 0 Å². The monoisotopic (exact) mass is 101 g/mol. The average Bonchev–Trinajstić information content (AvgIpc) is 1.61. The minimum atomic E-state index is 0.759. The Hall–Kier alpha value is -0.700. The van der Waals surface area contributed by atoms with Crippen molar-refractivity contribution in [2.45, 2.75) is 6.92 Å². The van der Waals surface area contributed by atoms with Crippen LogP contribution >= 0.6 is 0 Å². The van der Waals surface area contributed by atoms with Gasteiger partial charge in [-0.3, -0.25) is 0 Å². The van der Waals surface area contributed by atoms with E-state index in [9.17, 15) is 0 Å². The maximum Gasteiger partial charge on any atom is 0.0310 e. The number of hydrazine groups is 1. The van der Waals surface area contributed by atoms with Crippen molar-refractivity contribution in [3.05, 3.63) is 11.9 Å². The highest BCUT2D eigenvalue weighted by atomic mass is 15.3. The molecule has 0 aliphatic carbocycles. The van der Waals surface area contributed by atoms with Gasteiger partial charge in [0, 0.05) is 18.9 Å². The molecule has 0 aromatic rings. The molecular formula is C4H11N3. The SMILES string of the molecule is CNN/C=C(/C)N. The summed E-state index contributed by atoms with van der Waals surface area (Å²) in [5.41, 5.74) is 11.4. The first kappa shape index (κ1) is 6.30. The zero-order chi connectivity index (χ0) is 5.70. The molecule has 0 aliphatic heterocycles. The number of allylic oxidation sites excluding steroid dienone is 1. The lowest BCUT2D eigenvalue weighted by Gasteiger charge is -1.93. The van der Waals surface area contributed by atoms with Crippen molar-refractivity contribution < 1.29 is 0 Å². The van der Waals surface area contributed by atoms with Crippen LogP contribution in [-0.2, 0) is 0 Å². The van der Waals surface area contributed by atoms with E-state index in [-0.39, 0.29) is 0 Å². The lowest BCUT2D eigenvalue weighted by Crippen LogP contribution is -2.22. The predicted octanol–water partition coefficient (Wildman–Crippen LogP) is -0.470. The molecule has 0 heterocycles. The molecular weight excluding hydrogens is 90.1 g/mol. The van der Waals surface area contributed by atoms with Gasteiger partial charge >= 0.3 is 0 Å². The molecule has 3 heteroatoms. The van der Waals surface area contributed by atoms with Gasteiger partial charge in [-0.05, 0) is 6.92 Å². The zero-order valence-corrected chi connectivity index (χ0v) is 4.65. The van der Waals surface area contributed by atoms with Crippen LogP contribution in [0.5, 0.6) is 0 Å². The van der Waals surface area contributed by atoms with Crippen molar-refractivity contribution in [2.24, 2.45) is 5.73 Å². The first-order chi connectivity index (χ1) is 3.27. The standard InChI is InChI=1S/C4H11N3/c1-4(5)3-7-6-2/h3,6-7H,5H2,1-2H3/b4-3-. The Labute approximate surface area is 43.6 Å². The molecule has 0 spiro atoms. The molecule has 0 fully saturated rings. The van der Waals surface area contributed by atoms with E-state index >= 15 is 0 Å². The summed E-state index contributed by atoms with van der Waals surface area (Å²) >= 11 is 0. The van der Waals surface area contributed by atoms with Crippen LogP contribution < -0.4 is 16.6 Å². The van der Waals surface area contributed by atoms with Gasteiger partial charge in [-0.25, -0.2) is 5.43 Å². The highest BCUT2D eigenvalue weighted by Gasteiger charge is 1.68. The smallest absolute Gasteiger partial charge is 0.0310 e. The Kier molecular flexibility index (Phi) is 3.14. The topological polar surface area (TPSA) is 50.1 Å². The lowest BCUT2D eigenvalue weighted by atomic mass is 10.6. The molecule has 4 N–H and O–H groups in total. The van der Waals surface area contributed by atoms with Gasteiger partial charge in [-0.15, -0.1) is 0 Å². The van der Waals surface area contributed by atoms with Gasteiger partial charge < -0.3 is 11.2 Å². The van der Waals surface area contributed by atoms with Crippen LogP contribution in [0.3, 0.4) is 0 Å². The third-order valence-corrected chi connectivity index (χ3v) is 0.444. The van der Waals surface area contributed by atoms with Crippen LogP contribution in [0.25, 0.3) is 0 Å². The van der Waals surface area contributed by atoms with Crippen molar-refractivity contribution in [1.29, 1.82) is 0 Å². The van der Waals surface area contributed by atoms with Crippen molar-refractivity contribution in [1.82, 2.24) is 10.9 Å². The number of nitrogens with one attached hydrogen (secondary N) is 2. The van der Waals surface area contributed by atoms with Gasteiger partial charge in [0.25, 0.3) is 0 Å². The number of rotatable bonds is 2. The third-order valence-electron chi connectivity index (χ3n) is 0.444. The van der Waals surface area contributed by atoms with Gasteiger partial charge in [-0.2, -0.15) is 0 Å². The fourth-order valence-electron chi connectivity index (χ4n) is 0.186. The highest BCUT2D eigenvalue weighted by molar-refractivity contribution is 4.87. The molecule has 3 nitrogen and oxygen atoms in total. The van der Waals surface area contributed by atoms with Crippen LogP contribution in [0.2, 0.25) is 0 Å². The summed E-state index contributed by atoms with van der Waals surface area (Å²) in [7, 11) is 1.78. The van der Waals surface area contributed by atoms with Crippen LogP contribution in [0, 0.1) is 0 Å². The molecule has 0 saturated carbocycles. The summed E-state index contributed by atoms with van der Waals surface area (Å²) in [5, 5.41) is 0. The number of hydrogen-bond donors (Lipinski definition) is 3. The van der Waals surface area contributed by atoms with Crippen molar-refractivity contribution in [2.75, 3.05) is 7.05 Å². The second-order valence-electron chi connectivity index (χ2n) is 1.28. The zero-order valence-electron chi connectivity index (χ0n) is 4.65. The van der Waals surface area contributed by atoms with E-state index in [2.05, 4.69) is 10.9 Å². The molecule has 0 saturated heterocycles. The lowest BCUT2D eigenvalue weighted by molar-refractivity contribution is 0.724. The first-order valence-electron chi connectivity index (χ1n) is 2.12. The third kappa shape index (κ3) is 5.30. The molecule has 0 radical (unpaired) electrons. The molecule has 0 aromatic carbocycles. The minimum Gasteiger partial charge on any atom is -0.401 e. The highest BCUT2D eigenvalue weighted by Crippen LogP contribution is 1.68. The van der Waals surface area contributed by atoms with Gasteiger partial charge in [0.15, 0.2) is 0 Å². The largest absolute Gasteiger partial charge is 0.401 e. The van der Waals surface area contributed by atoms with Gasteiger partial charge in [0.1, 0.15) is 0 Å². The molecule has 0 unspecified atom stereocenters. The van der Waals surface area contributed by atoms with Gasteiger partial charge in [0.2, 0.25) is 0 Å². The molecule has 0 amide bonds. The second kappa shape index (κ2) is 3.49. The van der Waals surface area contributed by atoms with E-state index in [0.717, 1.165) is 5.70 Å². The van der Waals surface area contributed by atoms with E-state index in [1.165, 1.54) is 0 Å². The van der Waals surface area contributed by atoms with E-state index in [1.807, 2.05) is 6.92 Å². The molecule has 0 rings (SSSR count). The molecule has 0 aromatic heterocycles.